The normalized spacial score (nSPS) is 28.8. The highest BCUT2D eigenvalue weighted by Gasteiger charge is 2.45. The first-order valence-corrected chi connectivity index (χ1v) is 12.5. The number of carbonyl (C=O) groups excluding carboxylic acids is 1. The standard InChI is InChI=1S/C21H28N2O3S2/c1-2-20(24)22-21-12-17-13-23(14-19(17)27-21)28(25,26)18-10-8-16(9-11-18)15-6-4-3-5-7-15/h2,8-11,15,17,19,21H,1,3-7,12-14H2,(H,22,24). The first-order chi connectivity index (χ1) is 13.5. The molecule has 1 N–H and O–H groups in total. The fourth-order valence-corrected chi connectivity index (χ4v) is 8.00. The highest BCUT2D eigenvalue weighted by atomic mass is 32.2. The van der Waals surface area contributed by atoms with Crippen LogP contribution in [0.2, 0.25) is 0 Å². The summed E-state index contributed by atoms with van der Waals surface area (Å²) in [6, 6.07) is 7.59. The number of hydrogen-bond donors (Lipinski definition) is 1. The third-order valence-electron chi connectivity index (χ3n) is 6.29. The molecule has 2 saturated heterocycles. The monoisotopic (exact) mass is 420 g/mol. The summed E-state index contributed by atoms with van der Waals surface area (Å²) in [6.07, 6.45) is 8.37. The van der Waals surface area contributed by atoms with Crippen LogP contribution in [0.3, 0.4) is 0 Å². The van der Waals surface area contributed by atoms with Crippen LogP contribution >= 0.6 is 11.8 Å². The van der Waals surface area contributed by atoms with E-state index in [1.165, 1.54) is 43.7 Å². The molecule has 1 aromatic carbocycles. The van der Waals surface area contributed by atoms with E-state index in [4.69, 9.17) is 0 Å². The van der Waals surface area contributed by atoms with Crippen molar-refractivity contribution in [3.05, 3.63) is 42.5 Å². The van der Waals surface area contributed by atoms with Crippen LogP contribution in [0.1, 0.15) is 50.0 Å². The first-order valence-electron chi connectivity index (χ1n) is 10.2. The second-order valence-electron chi connectivity index (χ2n) is 8.10. The Bertz CT molecular complexity index is 818. The van der Waals surface area contributed by atoms with Gasteiger partial charge in [-0.2, -0.15) is 4.31 Å². The summed E-state index contributed by atoms with van der Waals surface area (Å²) in [5, 5.41) is 3.22. The predicted molar refractivity (Wildman–Crippen MR) is 113 cm³/mol. The average Bonchev–Trinajstić information content (AvgIpc) is 3.28. The maximum atomic E-state index is 13.1. The van der Waals surface area contributed by atoms with Gasteiger partial charge >= 0.3 is 0 Å². The Balaban J connectivity index is 1.40. The van der Waals surface area contributed by atoms with Crippen molar-refractivity contribution in [2.24, 2.45) is 5.92 Å². The molecule has 152 valence electrons. The number of sulfonamides is 1. The largest absolute Gasteiger partial charge is 0.341 e. The number of rotatable bonds is 5. The Morgan fingerprint density at radius 2 is 1.86 bits per heavy atom. The zero-order chi connectivity index (χ0) is 19.7. The van der Waals surface area contributed by atoms with Crippen LogP contribution in [0.4, 0.5) is 0 Å². The van der Waals surface area contributed by atoms with Gasteiger partial charge in [-0.05, 0) is 54.9 Å². The number of nitrogens with one attached hydrogen (secondary N) is 1. The van der Waals surface area contributed by atoms with Crippen LogP contribution in [-0.2, 0) is 14.8 Å². The molecule has 3 atom stereocenters. The van der Waals surface area contributed by atoms with E-state index in [0.717, 1.165) is 6.42 Å². The fraction of sp³-hybridized carbons (Fsp3) is 0.571. The van der Waals surface area contributed by atoms with Gasteiger partial charge in [0.25, 0.3) is 0 Å². The van der Waals surface area contributed by atoms with Gasteiger partial charge in [0.05, 0.1) is 10.3 Å². The van der Waals surface area contributed by atoms with Gasteiger partial charge in [0.1, 0.15) is 0 Å². The molecule has 1 aliphatic carbocycles. The Morgan fingerprint density at radius 1 is 1.14 bits per heavy atom. The quantitative estimate of drug-likeness (QED) is 0.741. The Labute approximate surface area is 172 Å². The van der Waals surface area contributed by atoms with Crippen LogP contribution in [0.15, 0.2) is 41.8 Å². The van der Waals surface area contributed by atoms with Crippen molar-refractivity contribution in [3.8, 4) is 0 Å². The number of amides is 1. The van der Waals surface area contributed by atoms with E-state index in [0.29, 0.717) is 23.9 Å². The second-order valence-corrected chi connectivity index (χ2v) is 11.5. The first kappa shape index (κ1) is 20.0. The summed E-state index contributed by atoms with van der Waals surface area (Å²) in [5.74, 6) is 0.701. The van der Waals surface area contributed by atoms with Gasteiger partial charge in [0, 0.05) is 18.3 Å². The van der Waals surface area contributed by atoms with E-state index >= 15 is 0 Å². The molecule has 4 rings (SSSR count). The number of benzene rings is 1. The lowest BCUT2D eigenvalue weighted by molar-refractivity contribution is -0.116. The lowest BCUT2D eigenvalue weighted by Crippen LogP contribution is -2.33. The van der Waals surface area contributed by atoms with Crippen molar-refractivity contribution in [2.75, 3.05) is 13.1 Å². The van der Waals surface area contributed by atoms with Crippen LogP contribution in [0, 0.1) is 5.92 Å². The molecular weight excluding hydrogens is 392 g/mol. The maximum absolute atomic E-state index is 13.1. The molecule has 1 saturated carbocycles. The fourth-order valence-electron chi connectivity index (χ4n) is 4.73. The topological polar surface area (TPSA) is 66.5 Å². The summed E-state index contributed by atoms with van der Waals surface area (Å²) < 4.78 is 27.8. The molecule has 1 aromatic rings. The SMILES string of the molecule is C=CC(=O)NC1CC2CN(S(=O)(=O)c3ccc(C4CCCCC4)cc3)CC2S1. The van der Waals surface area contributed by atoms with Gasteiger partial charge in [-0.15, -0.1) is 11.8 Å². The molecule has 2 heterocycles. The van der Waals surface area contributed by atoms with Crippen molar-refractivity contribution < 1.29 is 13.2 Å². The molecule has 7 heteroatoms. The molecule has 0 aromatic heterocycles. The van der Waals surface area contributed by atoms with Crippen molar-refractivity contribution in [3.63, 3.8) is 0 Å². The van der Waals surface area contributed by atoms with Crippen LogP contribution in [0.25, 0.3) is 0 Å². The molecule has 3 fully saturated rings. The van der Waals surface area contributed by atoms with E-state index in [2.05, 4.69) is 11.9 Å². The van der Waals surface area contributed by atoms with Gasteiger partial charge in [0.2, 0.25) is 15.9 Å². The summed E-state index contributed by atoms with van der Waals surface area (Å²) in [5.41, 5.74) is 1.27. The Kier molecular flexibility index (Phi) is 5.86. The van der Waals surface area contributed by atoms with Crippen molar-refractivity contribution in [2.45, 2.75) is 60.0 Å². The molecule has 5 nitrogen and oxygen atoms in total. The highest BCUT2D eigenvalue weighted by Crippen LogP contribution is 2.43. The zero-order valence-electron chi connectivity index (χ0n) is 16.0. The van der Waals surface area contributed by atoms with Gasteiger partial charge < -0.3 is 5.32 Å². The Morgan fingerprint density at radius 3 is 2.50 bits per heavy atom. The minimum absolute atomic E-state index is 0.0557. The molecule has 0 radical (unpaired) electrons. The molecule has 2 aliphatic heterocycles. The smallest absolute Gasteiger partial charge is 0.244 e. The van der Waals surface area contributed by atoms with Crippen LogP contribution in [-0.4, -0.2) is 42.3 Å². The Hall–Kier alpha value is -1.31. The number of nitrogens with zero attached hydrogens (tertiary/aromatic N) is 1. The molecule has 1 amide bonds. The van der Waals surface area contributed by atoms with E-state index < -0.39 is 10.0 Å². The molecule has 3 unspecified atom stereocenters. The number of hydrogen-bond acceptors (Lipinski definition) is 4. The van der Waals surface area contributed by atoms with Crippen LogP contribution in [0.5, 0.6) is 0 Å². The third-order valence-corrected chi connectivity index (χ3v) is 9.65. The van der Waals surface area contributed by atoms with Gasteiger partial charge in [0.15, 0.2) is 0 Å². The molecule has 0 bridgehead atoms. The summed E-state index contributed by atoms with van der Waals surface area (Å²) >= 11 is 1.68. The summed E-state index contributed by atoms with van der Waals surface area (Å²) in [6.45, 7) is 4.53. The minimum atomic E-state index is -3.46. The van der Waals surface area contributed by atoms with Gasteiger partial charge in [-0.1, -0.05) is 38.0 Å². The second kappa shape index (κ2) is 8.20. The third kappa shape index (κ3) is 4.02. The maximum Gasteiger partial charge on any atom is 0.244 e. The van der Waals surface area contributed by atoms with Gasteiger partial charge in [-0.25, -0.2) is 8.42 Å². The molecular formula is C21H28N2O3S2. The summed E-state index contributed by atoms with van der Waals surface area (Å²) in [7, 11) is -3.46. The number of thioether (sulfide) groups is 1. The number of fused-ring (bicyclic) bond motifs is 1. The lowest BCUT2D eigenvalue weighted by Gasteiger charge is -2.23. The lowest BCUT2D eigenvalue weighted by atomic mass is 9.84. The van der Waals surface area contributed by atoms with Gasteiger partial charge in [-0.3, -0.25) is 4.79 Å². The van der Waals surface area contributed by atoms with E-state index in [9.17, 15) is 13.2 Å². The summed E-state index contributed by atoms with van der Waals surface area (Å²) in [4.78, 5) is 11.9. The van der Waals surface area contributed by atoms with Crippen molar-refractivity contribution in [1.82, 2.24) is 9.62 Å². The van der Waals surface area contributed by atoms with Crippen molar-refractivity contribution >= 4 is 27.7 Å². The molecule has 0 spiro atoms. The van der Waals surface area contributed by atoms with E-state index in [1.54, 1.807) is 28.2 Å². The van der Waals surface area contributed by atoms with E-state index in [-0.39, 0.29) is 22.4 Å². The average molecular weight is 421 g/mol. The minimum Gasteiger partial charge on any atom is -0.341 e. The van der Waals surface area contributed by atoms with Crippen molar-refractivity contribution in [1.29, 1.82) is 0 Å². The van der Waals surface area contributed by atoms with E-state index in [1.807, 2.05) is 12.1 Å². The number of carbonyl (C=O) groups is 1. The molecule has 28 heavy (non-hydrogen) atoms. The predicted octanol–water partition coefficient (Wildman–Crippen LogP) is 3.49. The zero-order valence-corrected chi connectivity index (χ0v) is 17.7. The van der Waals surface area contributed by atoms with Crippen LogP contribution < -0.4 is 5.32 Å². The molecule has 3 aliphatic rings. The highest BCUT2D eigenvalue weighted by molar-refractivity contribution is 8.00.